The van der Waals surface area contributed by atoms with Gasteiger partial charge in [-0.2, -0.15) is 0 Å². The maximum Gasteiger partial charge on any atom is 0.178 e. The molecule has 0 radical (unpaired) electrons. The molecule has 0 unspecified atom stereocenters. The summed E-state index contributed by atoms with van der Waals surface area (Å²) in [5.41, 5.74) is 0.364. The van der Waals surface area contributed by atoms with Crippen LogP contribution < -0.4 is 4.74 Å². The summed E-state index contributed by atoms with van der Waals surface area (Å²) in [5.74, 6) is 0.291. The average Bonchev–Trinajstić information content (AvgIpc) is 2.28. The van der Waals surface area contributed by atoms with Crippen LogP contribution in [0, 0.1) is 5.82 Å². The molecular formula is C13H9BrFNO2. The maximum atomic E-state index is 13.1. The van der Waals surface area contributed by atoms with E-state index in [1.807, 2.05) is 0 Å². The molecule has 92 valence electrons. The Bertz CT molecular complexity index is 564. The van der Waals surface area contributed by atoms with Crippen molar-refractivity contribution in [3.63, 3.8) is 0 Å². The van der Waals surface area contributed by atoms with Gasteiger partial charge in [0.2, 0.25) is 0 Å². The van der Waals surface area contributed by atoms with Gasteiger partial charge in [-0.1, -0.05) is 15.9 Å². The predicted molar refractivity (Wildman–Crippen MR) is 68.4 cm³/mol. The van der Waals surface area contributed by atoms with E-state index in [9.17, 15) is 9.18 Å². The van der Waals surface area contributed by atoms with Gasteiger partial charge in [0.25, 0.3) is 0 Å². The highest BCUT2D eigenvalue weighted by Crippen LogP contribution is 2.25. The van der Waals surface area contributed by atoms with E-state index in [1.54, 1.807) is 18.2 Å². The fourth-order valence-corrected chi connectivity index (χ4v) is 1.82. The lowest BCUT2D eigenvalue weighted by Crippen LogP contribution is -1.96. The number of Topliss-reactive ketones (excluding diaryl/α,β-unsaturated/α-hetero) is 1. The number of benzene rings is 1. The number of rotatable bonds is 3. The lowest BCUT2D eigenvalue weighted by atomic mass is 10.3. The van der Waals surface area contributed by atoms with Gasteiger partial charge < -0.3 is 4.74 Å². The molecule has 5 heteroatoms. The number of hydrogen-bond acceptors (Lipinski definition) is 3. The fraction of sp³-hybridized carbons (Fsp3) is 0.0769. The van der Waals surface area contributed by atoms with Gasteiger partial charge in [0.15, 0.2) is 5.78 Å². The Balaban J connectivity index is 2.20. The number of carbonyl (C=O) groups excluding carboxylic acids is 1. The van der Waals surface area contributed by atoms with Gasteiger partial charge in [-0.05, 0) is 24.3 Å². The van der Waals surface area contributed by atoms with Crippen LogP contribution in [0.2, 0.25) is 0 Å². The van der Waals surface area contributed by atoms with Gasteiger partial charge in [-0.15, -0.1) is 0 Å². The highest BCUT2D eigenvalue weighted by atomic mass is 79.9. The van der Waals surface area contributed by atoms with E-state index in [0.29, 0.717) is 21.7 Å². The van der Waals surface area contributed by atoms with E-state index < -0.39 is 5.82 Å². The van der Waals surface area contributed by atoms with Gasteiger partial charge >= 0.3 is 0 Å². The molecule has 0 fully saturated rings. The molecule has 1 heterocycles. The summed E-state index contributed by atoms with van der Waals surface area (Å²) < 4.78 is 19.2. The van der Waals surface area contributed by atoms with E-state index in [1.165, 1.54) is 25.3 Å². The Labute approximate surface area is 112 Å². The van der Waals surface area contributed by atoms with E-state index in [4.69, 9.17) is 4.74 Å². The number of aromatic nitrogens is 1. The van der Waals surface area contributed by atoms with Gasteiger partial charge in [0.1, 0.15) is 23.0 Å². The molecule has 3 nitrogen and oxygen atoms in total. The second kappa shape index (κ2) is 5.27. The zero-order valence-corrected chi connectivity index (χ0v) is 11.1. The first-order valence-electron chi connectivity index (χ1n) is 5.15. The zero-order chi connectivity index (χ0) is 13.1. The fourth-order valence-electron chi connectivity index (χ4n) is 1.37. The van der Waals surface area contributed by atoms with E-state index >= 15 is 0 Å². The summed E-state index contributed by atoms with van der Waals surface area (Å²) in [5, 5.41) is 0. The standard InChI is InChI=1S/C13H9BrFNO2/c1-8(17)13-3-2-11(7-16-13)18-12-5-9(14)4-10(15)6-12/h2-7H,1H3. The molecule has 0 aliphatic heterocycles. The number of ether oxygens (including phenoxy) is 1. The van der Waals surface area contributed by atoms with Crippen LogP contribution in [0.3, 0.4) is 0 Å². The summed E-state index contributed by atoms with van der Waals surface area (Å²) in [6, 6.07) is 7.42. The van der Waals surface area contributed by atoms with Crippen molar-refractivity contribution in [2.45, 2.75) is 6.92 Å². The molecule has 0 saturated carbocycles. The third-order valence-electron chi connectivity index (χ3n) is 2.17. The molecule has 1 aromatic heterocycles. The summed E-state index contributed by atoms with van der Waals surface area (Å²) in [6.07, 6.45) is 1.43. The molecule has 0 spiro atoms. The Morgan fingerprint density at radius 2 is 2.06 bits per heavy atom. The van der Waals surface area contributed by atoms with Crippen LogP contribution in [-0.4, -0.2) is 10.8 Å². The van der Waals surface area contributed by atoms with E-state index in [2.05, 4.69) is 20.9 Å². The molecule has 0 bridgehead atoms. The molecule has 0 atom stereocenters. The zero-order valence-electron chi connectivity index (χ0n) is 9.48. The van der Waals surface area contributed by atoms with Gasteiger partial charge in [-0.3, -0.25) is 4.79 Å². The van der Waals surface area contributed by atoms with Crippen LogP contribution in [-0.2, 0) is 0 Å². The number of hydrogen-bond donors (Lipinski definition) is 0. The number of carbonyl (C=O) groups is 1. The molecule has 0 aliphatic carbocycles. The number of pyridine rings is 1. The van der Waals surface area contributed by atoms with Crippen molar-refractivity contribution in [1.29, 1.82) is 0 Å². The number of halogens is 2. The summed E-state index contributed by atoms with van der Waals surface area (Å²) in [6.45, 7) is 1.44. The topological polar surface area (TPSA) is 39.2 Å². The highest BCUT2D eigenvalue weighted by Gasteiger charge is 2.04. The molecule has 0 N–H and O–H groups in total. The summed E-state index contributed by atoms with van der Waals surface area (Å²) in [4.78, 5) is 15.0. The van der Waals surface area contributed by atoms with Crippen molar-refractivity contribution in [2.24, 2.45) is 0 Å². The van der Waals surface area contributed by atoms with E-state index in [0.717, 1.165) is 0 Å². The van der Waals surface area contributed by atoms with Crippen molar-refractivity contribution < 1.29 is 13.9 Å². The van der Waals surface area contributed by atoms with Crippen LogP contribution >= 0.6 is 15.9 Å². The minimum atomic E-state index is -0.396. The smallest absolute Gasteiger partial charge is 0.178 e. The Hall–Kier alpha value is -1.75. The quantitative estimate of drug-likeness (QED) is 0.805. The molecule has 18 heavy (non-hydrogen) atoms. The SMILES string of the molecule is CC(=O)c1ccc(Oc2cc(F)cc(Br)c2)cn1. The van der Waals surface area contributed by atoms with Gasteiger partial charge in [-0.25, -0.2) is 9.37 Å². The van der Waals surface area contributed by atoms with Crippen LogP contribution in [0.15, 0.2) is 41.0 Å². The first kappa shape index (κ1) is 12.7. The van der Waals surface area contributed by atoms with Crippen molar-refractivity contribution in [3.05, 3.63) is 52.5 Å². The Morgan fingerprint density at radius 1 is 1.28 bits per heavy atom. The normalized spacial score (nSPS) is 10.2. The number of ketones is 1. The second-order valence-electron chi connectivity index (χ2n) is 3.64. The third-order valence-corrected chi connectivity index (χ3v) is 2.63. The average molecular weight is 310 g/mol. The Kier molecular flexibility index (Phi) is 3.72. The predicted octanol–water partition coefficient (Wildman–Crippen LogP) is 3.98. The third kappa shape index (κ3) is 3.13. The molecule has 0 aliphatic rings. The van der Waals surface area contributed by atoms with Crippen molar-refractivity contribution in [3.8, 4) is 11.5 Å². The lowest BCUT2D eigenvalue weighted by Gasteiger charge is -2.06. The van der Waals surface area contributed by atoms with Crippen LogP contribution in [0.25, 0.3) is 0 Å². The van der Waals surface area contributed by atoms with Crippen LogP contribution in [0.5, 0.6) is 11.5 Å². The van der Waals surface area contributed by atoms with Crippen molar-refractivity contribution in [2.75, 3.05) is 0 Å². The van der Waals surface area contributed by atoms with Gasteiger partial charge in [0.05, 0.1) is 6.20 Å². The minimum Gasteiger partial charge on any atom is -0.456 e. The molecule has 0 amide bonds. The Morgan fingerprint density at radius 3 is 2.61 bits per heavy atom. The van der Waals surface area contributed by atoms with Crippen molar-refractivity contribution in [1.82, 2.24) is 4.98 Å². The molecule has 1 aromatic carbocycles. The summed E-state index contributed by atoms with van der Waals surface area (Å²) in [7, 11) is 0. The lowest BCUT2D eigenvalue weighted by molar-refractivity contribution is 0.101. The largest absolute Gasteiger partial charge is 0.456 e. The highest BCUT2D eigenvalue weighted by molar-refractivity contribution is 9.10. The molecule has 2 aromatic rings. The number of nitrogens with zero attached hydrogens (tertiary/aromatic N) is 1. The molecular weight excluding hydrogens is 301 g/mol. The second-order valence-corrected chi connectivity index (χ2v) is 4.56. The first-order chi connectivity index (χ1) is 8.54. The first-order valence-corrected chi connectivity index (χ1v) is 5.95. The summed E-state index contributed by atoms with van der Waals surface area (Å²) >= 11 is 3.18. The van der Waals surface area contributed by atoms with Crippen molar-refractivity contribution >= 4 is 21.7 Å². The maximum absolute atomic E-state index is 13.1. The van der Waals surface area contributed by atoms with Gasteiger partial charge in [0, 0.05) is 17.5 Å². The van der Waals surface area contributed by atoms with Crippen LogP contribution in [0.4, 0.5) is 4.39 Å². The molecule has 2 rings (SSSR count). The van der Waals surface area contributed by atoms with E-state index in [-0.39, 0.29) is 5.78 Å². The minimum absolute atomic E-state index is 0.116. The van der Waals surface area contributed by atoms with Crippen LogP contribution in [0.1, 0.15) is 17.4 Å². The molecule has 0 saturated heterocycles. The monoisotopic (exact) mass is 309 g/mol.